The van der Waals surface area contributed by atoms with E-state index in [2.05, 4.69) is 41.2 Å². The molecule has 2 aromatic heterocycles. The molecule has 7 heteroatoms. The molecule has 0 aliphatic rings. The number of nitrogens with zero attached hydrogens (tertiary/aromatic N) is 5. The highest BCUT2D eigenvalue weighted by Crippen LogP contribution is 2.20. The molecule has 2 aromatic rings. The van der Waals surface area contributed by atoms with Crippen molar-refractivity contribution in [3.63, 3.8) is 0 Å². The maximum atomic E-state index is 12.7. The molecule has 0 spiro atoms. The summed E-state index contributed by atoms with van der Waals surface area (Å²) < 4.78 is 3.81. The average molecular weight is 361 g/mol. The van der Waals surface area contributed by atoms with E-state index in [1.807, 2.05) is 44.1 Å². The third-order valence-corrected chi connectivity index (χ3v) is 5.04. The Balaban J connectivity index is 2.12. The Bertz CT molecular complexity index is 787. The Labute approximate surface area is 156 Å². The molecule has 26 heavy (non-hydrogen) atoms. The Morgan fingerprint density at radius 3 is 2.23 bits per heavy atom. The van der Waals surface area contributed by atoms with Crippen molar-refractivity contribution in [2.45, 2.75) is 67.6 Å². The summed E-state index contributed by atoms with van der Waals surface area (Å²) in [5.74, 6) is -0.0141. The zero-order valence-corrected chi connectivity index (χ0v) is 17.3. The van der Waals surface area contributed by atoms with Crippen LogP contribution in [0.3, 0.4) is 0 Å². The van der Waals surface area contributed by atoms with Crippen molar-refractivity contribution in [1.29, 1.82) is 0 Å². The highest BCUT2D eigenvalue weighted by molar-refractivity contribution is 5.93. The van der Waals surface area contributed by atoms with E-state index in [4.69, 9.17) is 0 Å². The first-order valence-corrected chi connectivity index (χ1v) is 9.22. The Morgan fingerprint density at radius 2 is 1.77 bits per heavy atom. The van der Waals surface area contributed by atoms with E-state index >= 15 is 0 Å². The van der Waals surface area contributed by atoms with Gasteiger partial charge in [-0.25, -0.2) is 0 Å². The largest absolute Gasteiger partial charge is 0.322 e. The number of amides is 1. The van der Waals surface area contributed by atoms with E-state index in [1.165, 1.54) is 5.56 Å². The molecule has 0 radical (unpaired) electrons. The van der Waals surface area contributed by atoms with Crippen molar-refractivity contribution in [3.8, 4) is 0 Å². The lowest BCUT2D eigenvalue weighted by Crippen LogP contribution is -2.38. The minimum Gasteiger partial charge on any atom is -0.322 e. The average Bonchev–Trinajstić information content (AvgIpc) is 2.97. The standard InChI is InChI=1S/C19H32N6O/c1-9-25-16(7)19(14(5)22-25)20-18(26)11-24(12(2)3)10-17-13(4)21-23(8)15(17)6/h12H,9-11H2,1-8H3,(H,20,26). The van der Waals surface area contributed by atoms with Crippen molar-refractivity contribution in [2.75, 3.05) is 11.9 Å². The molecule has 2 heterocycles. The molecule has 0 aliphatic carbocycles. The predicted octanol–water partition coefficient (Wildman–Crippen LogP) is 2.72. The van der Waals surface area contributed by atoms with Gasteiger partial charge < -0.3 is 5.32 Å². The molecule has 0 fully saturated rings. The van der Waals surface area contributed by atoms with Crippen molar-refractivity contribution in [3.05, 3.63) is 28.3 Å². The normalized spacial score (nSPS) is 11.6. The molecule has 0 unspecified atom stereocenters. The Hall–Kier alpha value is -2.15. The molecule has 0 aromatic carbocycles. The molecular formula is C19H32N6O. The predicted molar refractivity (Wildman–Crippen MR) is 104 cm³/mol. The first-order valence-electron chi connectivity index (χ1n) is 9.22. The van der Waals surface area contributed by atoms with E-state index in [9.17, 15) is 4.79 Å². The SMILES string of the molecule is CCn1nc(C)c(NC(=O)CN(Cc2c(C)nn(C)c2C)C(C)C)c1C. The quantitative estimate of drug-likeness (QED) is 0.824. The van der Waals surface area contributed by atoms with Crippen molar-refractivity contribution in [1.82, 2.24) is 24.5 Å². The second-order valence-electron chi connectivity index (χ2n) is 7.18. The van der Waals surface area contributed by atoms with Gasteiger partial charge in [0, 0.05) is 37.4 Å². The lowest BCUT2D eigenvalue weighted by molar-refractivity contribution is -0.117. The number of rotatable bonds is 7. The molecule has 7 nitrogen and oxygen atoms in total. The molecule has 0 saturated carbocycles. The van der Waals surface area contributed by atoms with E-state index in [0.29, 0.717) is 13.1 Å². The number of anilines is 1. The molecule has 0 aliphatic heterocycles. The van der Waals surface area contributed by atoms with Gasteiger partial charge >= 0.3 is 0 Å². The van der Waals surface area contributed by atoms with E-state index < -0.39 is 0 Å². The van der Waals surface area contributed by atoms with Crippen LogP contribution in [0.1, 0.15) is 49.1 Å². The minimum atomic E-state index is -0.0141. The summed E-state index contributed by atoms with van der Waals surface area (Å²) in [7, 11) is 1.95. The minimum absolute atomic E-state index is 0.0141. The summed E-state index contributed by atoms with van der Waals surface area (Å²) in [5, 5.41) is 12.0. The number of carbonyl (C=O) groups excluding carboxylic acids is 1. The summed E-state index contributed by atoms with van der Waals surface area (Å²) in [6.45, 7) is 16.1. The van der Waals surface area contributed by atoms with E-state index in [1.54, 1.807) is 0 Å². The molecule has 144 valence electrons. The third kappa shape index (κ3) is 4.15. The van der Waals surface area contributed by atoms with Crippen LogP contribution in [0.5, 0.6) is 0 Å². The van der Waals surface area contributed by atoms with Gasteiger partial charge in [0.2, 0.25) is 5.91 Å². The molecule has 0 atom stereocenters. The number of aryl methyl sites for hydroxylation is 4. The number of hydrogen-bond donors (Lipinski definition) is 1. The van der Waals surface area contributed by atoms with Crippen LogP contribution in [-0.2, 0) is 24.9 Å². The second-order valence-corrected chi connectivity index (χ2v) is 7.18. The van der Waals surface area contributed by atoms with Crippen LogP contribution in [0.25, 0.3) is 0 Å². The molecule has 2 rings (SSSR count). The van der Waals surface area contributed by atoms with Gasteiger partial charge in [-0.15, -0.1) is 0 Å². The summed E-state index contributed by atoms with van der Waals surface area (Å²) in [5.41, 5.74) is 6.03. The number of aromatic nitrogens is 4. The van der Waals surface area contributed by atoms with Crippen molar-refractivity contribution >= 4 is 11.6 Å². The van der Waals surface area contributed by atoms with E-state index in [-0.39, 0.29) is 11.9 Å². The van der Waals surface area contributed by atoms with Crippen LogP contribution in [0, 0.1) is 27.7 Å². The number of hydrogen-bond acceptors (Lipinski definition) is 4. The summed E-state index contributed by atoms with van der Waals surface area (Å²) >= 11 is 0. The van der Waals surface area contributed by atoms with Crippen molar-refractivity contribution in [2.24, 2.45) is 7.05 Å². The molecule has 1 N–H and O–H groups in total. The van der Waals surface area contributed by atoms with E-state index in [0.717, 1.165) is 35.0 Å². The first kappa shape index (κ1) is 20.2. The fourth-order valence-electron chi connectivity index (χ4n) is 3.22. The maximum Gasteiger partial charge on any atom is 0.238 e. The van der Waals surface area contributed by atoms with Crippen LogP contribution < -0.4 is 5.32 Å². The summed E-state index contributed by atoms with van der Waals surface area (Å²) in [6, 6.07) is 0.250. The number of carbonyl (C=O) groups is 1. The fourth-order valence-corrected chi connectivity index (χ4v) is 3.22. The van der Waals surface area contributed by atoms with Crippen molar-refractivity contribution < 1.29 is 4.79 Å². The Morgan fingerprint density at radius 1 is 1.12 bits per heavy atom. The van der Waals surface area contributed by atoms with Crippen LogP contribution in [0.15, 0.2) is 0 Å². The maximum absolute atomic E-state index is 12.7. The smallest absolute Gasteiger partial charge is 0.238 e. The lowest BCUT2D eigenvalue weighted by Gasteiger charge is -2.26. The number of nitrogens with one attached hydrogen (secondary N) is 1. The van der Waals surface area contributed by atoms with Crippen LogP contribution in [0.4, 0.5) is 5.69 Å². The van der Waals surface area contributed by atoms with Gasteiger partial charge in [-0.05, 0) is 48.5 Å². The van der Waals surface area contributed by atoms with Gasteiger partial charge in [0.1, 0.15) is 0 Å². The van der Waals surface area contributed by atoms with Crippen LogP contribution in [-0.4, -0.2) is 43.0 Å². The zero-order chi connectivity index (χ0) is 19.6. The van der Waals surface area contributed by atoms with Gasteiger partial charge in [-0.1, -0.05) is 0 Å². The summed E-state index contributed by atoms with van der Waals surface area (Å²) in [6.07, 6.45) is 0. The van der Waals surface area contributed by atoms with Crippen LogP contribution >= 0.6 is 0 Å². The Kier molecular flexibility index (Phi) is 6.23. The van der Waals surface area contributed by atoms with Gasteiger partial charge in [0.25, 0.3) is 0 Å². The summed E-state index contributed by atoms with van der Waals surface area (Å²) in [4.78, 5) is 14.9. The zero-order valence-electron chi connectivity index (χ0n) is 17.3. The highest BCUT2D eigenvalue weighted by Gasteiger charge is 2.20. The topological polar surface area (TPSA) is 68.0 Å². The van der Waals surface area contributed by atoms with Gasteiger partial charge in [-0.2, -0.15) is 10.2 Å². The first-order chi connectivity index (χ1) is 12.1. The molecule has 0 bridgehead atoms. The molecule has 1 amide bonds. The molecular weight excluding hydrogens is 328 g/mol. The molecule has 0 saturated heterocycles. The second kappa shape index (κ2) is 8.03. The lowest BCUT2D eigenvalue weighted by atomic mass is 10.1. The third-order valence-electron chi connectivity index (χ3n) is 5.04. The highest BCUT2D eigenvalue weighted by atomic mass is 16.2. The fraction of sp³-hybridized carbons (Fsp3) is 0.632. The van der Waals surface area contributed by atoms with Gasteiger partial charge in [-0.3, -0.25) is 19.1 Å². The monoisotopic (exact) mass is 360 g/mol. The van der Waals surface area contributed by atoms with Gasteiger partial charge in [0.05, 0.1) is 29.3 Å². The van der Waals surface area contributed by atoms with Gasteiger partial charge in [0.15, 0.2) is 0 Å². The van der Waals surface area contributed by atoms with Crippen LogP contribution in [0.2, 0.25) is 0 Å².